The molecule has 4 N–H and O–H groups in total. The maximum Gasteiger partial charge on any atom is 0.415 e. The van der Waals surface area contributed by atoms with E-state index < -0.39 is 6.09 Å². The van der Waals surface area contributed by atoms with Gasteiger partial charge in [-0.1, -0.05) is 13.8 Å². The standard InChI is InChI=1S/C10H16N4O2.C2H6/c1-3-14(4-2)10(15)16-7-5-6-8(11)13-9(7)12;1-2/h5-6H,3-4H2,1-2H3,(H4,11,12,13);1-2H3. The highest BCUT2D eigenvalue weighted by atomic mass is 16.6. The molecule has 1 heterocycles. The lowest BCUT2D eigenvalue weighted by molar-refractivity contribution is 0.157. The van der Waals surface area contributed by atoms with E-state index >= 15 is 0 Å². The second-order valence-electron chi connectivity index (χ2n) is 3.16. The number of amides is 1. The number of pyridine rings is 1. The fourth-order valence-corrected chi connectivity index (χ4v) is 1.20. The summed E-state index contributed by atoms with van der Waals surface area (Å²) in [7, 11) is 0. The maximum absolute atomic E-state index is 11.6. The number of carbonyl (C=O) groups excluding carboxylic acids is 1. The number of rotatable bonds is 3. The molecular weight excluding hydrogens is 232 g/mol. The molecule has 0 radical (unpaired) electrons. The normalized spacial score (nSPS) is 9.11. The van der Waals surface area contributed by atoms with Gasteiger partial charge in [-0.2, -0.15) is 0 Å². The van der Waals surface area contributed by atoms with Gasteiger partial charge in [-0.15, -0.1) is 0 Å². The average Bonchev–Trinajstić information content (AvgIpc) is 2.37. The second kappa shape index (κ2) is 8.16. The molecule has 1 amide bonds. The predicted molar refractivity (Wildman–Crippen MR) is 73.4 cm³/mol. The molecule has 0 aromatic carbocycles. The van der Waals surface area contributed by atoms with Crippen LogP contribution < -0.4 is 16.2 Å². The zero-order valence-electron chi connectivity index (χ0n) is 11.4. The summed E-state index contributed by atoms with van der Waals surface area (Å²) in [4.78, 5) is 16.9. The Bertz CT molecular complexity index is 378. The molecule has 0 saturated carbocycles. The van der Waals surface area contributed by atoms with Crippen LogP contribution in [0.1, 0.15) is 27.7 Å². The Hall–Kier alpha value is -1.98. The van der Waals surface area contributed by atoms with Gasteiger partial charge in [0.2, 0.25) is 0 Å². The summed E-state index contributed by atoms with van der Waals surface area (Å²) >= 11 is 0. The van der Waals surface area contributed by atoms with Crippen LogP contribution in [-0.4, -0.2) is 29.1 Å². The highest BCUT2D eigenvalue weighted by Gasteiger charge is 2.13. The zero-order chi connectivity index (χ0) is 14.1. The predicted octanol–water partition coefficient (Wildman–Crippen LogP) is 2.11. The molecule has 0 aliphatic heterocycles. The summed E-state index contributed by atoms with van der Waals surface area (Å²) in [6, 6.07) is 3.06. The smallest absolute Gasteiger partial charge is 0.406 e. The van der Waals surface area contributed by atoms with Crippen molar-refractivity contribution >= 4 is 17.7 Å². The monoisotopic (exact) mass is 254 g/mol. The number of hydrogen-bond donors (Lipinski definition) is 2. The van der Waals surface area contributed by atoms with Gasteiger partial charge in [-0.25, -0.2) is 9.78 Å². The third-order valence-corrected chi connectivity index (χ3v) is 2.13. The number of nitrogen functional groups attached to an aromatic ring is 2. The van der Waals surface area contributed by atoms with Crippen LogP contribution in [0.4, 0.5) is 16.4 Å². The Balaban J connectivity index is 0.00000137. The first-order chi connectivity index (χ1) is 8.58. The summed E-state index contributed by atoms with van der Waals surface area (Å²) in [6.07, 6.45) is -0.441. The maximum atomic E-state index is 11.6. The van der Waals surface area contributed by atoms with Crippen molar-refractivity contribution in [2.45, 2.75) is 27.7 Å². The molecule has 1 rings (SSSR count). The van der Waals surface area contributed by atoms with Crippen LogP contribution in [0.3, 0.4) is 0 Å². The molecule has 0 atom stereocenters. The van der Waals surface area contributed by atoms with Gasteiger partial charge >= 0.3 is 6.09 Å². The fraction of sp³-hybridized carbons (Fsp3) is 0.500. The van der Waals surface area contributed by atoms with Crippen molar-refractivity contribution in [3.63, 3.8) is 0 Å². The van der Waals surface area contributed by atoms with Crippen LogP contribution in [-0.2, 0) is 0 Å². The van der Waals surface area contributed by atoms with Gasteiger partial charge in [-0.05, 0) is 26.0 Å². The van der Waals surface area contributed by atoms with Gasteiger partial charge in [0.05, 0.1) is 0 Å². The van der Waals surface area contributed by atoms with Crippen LogP contribution in [0.15, 0.2) is 12.1 Å². The summed E-state index contributed by atoms with van der Waals surface area (Å²) < 4.78 is 5.09. The average molecular weight is 254 g/mol. The Morgan fingerprint density at radius 3 is 2.28 bits per heavy atom. The number of anilines is 2. The zero-order valence-corrected chi connectivity index (χ0v) is 11.4. The lowest BCUT2D eigenvalue weighted by Gasteiger charge is -2.18. The number of carbonyl (C=O) groups is 1. The van der Waals surface area contributed by atoms with Crippen molar-refractivity contribution in [2.24, 2.45) is 0 Å². The van der Waals surface area contributed by atoms with Crippen molar-refractivity contribution < 1.29 is 9.53 Å². The van der Waals surface area contributed by atoms with Crippen LogP contribution in [0.2, 0.25) is 0 Å². The summed E-state index contributed by atoms with van der Waals surface area (Å²) in [5, 5.41) is 0. The molecule has 0 aliphatic carbocycles. The third-order valence-electron chi connectivity index (χ3n) is 2.13. The molecule has 6 nitrogen and oxygen atoms in total. The van der Waals surface area contributed by atoms with Gasteiger partial charge in [0, 0.05) is 13.1 Å². The second-order valence-corrected chi connectivity index (χ2v) is 3.16. The minimum Gasteiger partial charge on any atom is -0.406 e. The Labute approximate surface area is 108 Å². The number of aromatic nitrogens is 1. The summed E-state index contributed by atoms with van der Waals surface area (Å²) in [5.41, 5.74) is 11.0. The first kappa shape index (κ1) is 16.0. The Morgan fingerprint density at radius 2 is 1.83 bits per heavy atom. The van der Waals surface area contributed by atoms with E-state index in [9.17, 15) is 4.79 Å². The highest BCUT2D eigenvalue weighted by molar-refractivity contribution is 5.72. The third kappa shape index (κ3) is 4.48. The van der Waals surface area contributed by atoms with E-state index in [1.54, 1.807) is 0 Å². The first-order valence-corrected chi connectivity index (χ1v) is 6.07. The molecule has 1 aromatic heterocycles. The first-order valence-electron chi connectivity index (χ1n) is 6.07. The van der Waals surface area contributed by atoms with E-state index in [0.29, 0.717) is 18.9 Å². The number of ether oxygens (including phenoxy) is 1. The molecule has 6 heteroatoms. The van der Waals surface area contributed by atoms with Crippen LogP contribution >= 0.6 is 0 Å². The van der Waals surface area contributed by atoms with Crippen molar-refractivity contribution in [1.29, 1.82) is 0 Å². The SMILES string of the molecule is CC.CCN(CC)C(=O)Oc1ccc(N)nc1N. The van der Waals surface area contributed by atoms with E-state index in [4.69, 9.17) is 16.2 Å². The molecular formula is C12H22N4O2. The van der Waals surface area contributed by atoms with Gasteiger partial charge in [0.1, 0.15) is 5.82 Å². The van der Waals surface area contributed by atoms with E-state index in [0.717, 1.165) is 0 Å². The number of nitrogens with two attached hydrogens (primary N) is 2. The van der Waals surface area contributed by atoms with E-state index in [1.807, 2.05) is 27.7 Å². The van der Waals surface area contributed by atoms with Gasteiger partial charge in [0.15, 0.2) is 11.6 Å². The van der Waals surface area contributed by atoms with Crippen LogP contribution in [0.5, 0.6) is 5.75 Å². The minimum atomic E-state index is -0.441. The molecule has 0 saturated heterocycles. The van der Waals surface area contributed by atoms with Gasteiger partial charge in [-0.3, -0.25) is 0 Å². The lowest BCUT2D eigenvalue weighted by Crippen LogP contribution is -2.33. The quantitative estimate of drug-likeness (QED) is 0.861. The van der Waals surface area contributed by atoms with Crippen LogP contribution in [0, 0.1) is 0 Å². The molecule has 1 aromatic rings. The Morgan fingerprint density at radius 1 is 1.28 bits per heavy atom. The lowest BCUT2D eigenvalue weighted by atomic mass is 10.4. The molecule has 102 valence electrons. The van der Waals surface area contributed by atoms with Crippen molar-refractivity contribution in [3.05, 3.63) is 12.1 Å². The molecule has 0 unspecified atom stereocenters. The summed E-state index contributed by atoms with van der Waals surface area (Å²) in [5.74, 6) is 0.631. The molecule has 0 fully saturated rings. The highest BCUT2D eigenvalue weighted by Crippen LogP contribution is 2.20. The van der Waals surface area contributed by atoms with E-state index in [-0.39, 0.29) is 11.6 Å². The fourth-order valence-electron chi connectivity index (χ4n) is 1.20. The molecule has 18 heavy (non-hydrogen) atoms. The van der Waals surface area contributed by atoms with Crippen molar-refractivity contribution in [2.75, 3.05) is 24.6 Å². The largest absolute Gasteiger partial charge is 0.415 e. The number of hydrogen-bond acceptors (Lipinski definition) is 5. The minimum absolute atomic E-state index is 0.112. The molecule has 0 aliphatic rings. The van der Waals surface area contributed by atoms with Crippen molar-refractivity contribution in [1.82, 2.24) is 9.88 Å². The van der Waals surface area contributed by atoms with E-state index in [1.165, 1.54) is 17.0 Å². The topological polar surface area (TPSA) is 94.5 Å². The summed E-state index contributed by atoms with van der Waals surface area (Å²) in [6.45, 7) is 8.90. The van der Waals surface area contributed by atoms with Crippen LogP contribution in [0.25, 0.3) is 0 Å². The molecule has 0 spiro atoms. The van der Waals surface area contributed by atoms with Crippen molar-refractivity contribution in [3.8, 4) is 5.75 Å². The van der Waals surface area contributed by atoms with E-state index in [2.05, 4.69) is 4.98 Å². The van der Waals surface area contributed by atoms with Gasteiger partial charge < -0.3 is 21.1 Å². The Kier molecular flexibility index (Phi) is 7.26. The number of nitrogens with zero attached hydrogens (tertiary/aromatic N) is 2. The van der Waals surface area contributed by atoms with Gasteiger partial charge in [0.25, 0.3) is 0 Å². The molecule has 0 bridgehead atoms.